The monoisotopic (exact) mass is 256 g/mol. The molecule has 1 aromatic rings. The molecule has 0 aliphatic heterocycles. The number of sulfone groups is 1. The van der Waals surface area contributed by atoms with Crippen molar-refractivity contribution in [2.75, 3.05) is 5.75 Å². The van der Waals surface area contributed by atoms with Crippen LogP contribution in [0.1, 0.15) is 6.92 Å². The van der Waals surface area contributed by atoms with Crippen molar-refractivity contribution < 1.29 is 46.7 Å². The summed E-state index contributed by atoms with van der Waals surface area (Å²) in [5.41, 5.74) is 0. The average molecular weight is 256 g/mol. The molecule has 0 N–H and O–H groups in total. The summed E-state index contributed by atoms with van der Waals surface area (Å²) in [5.74, 6) is -0.0397. The van der Waals surface area contributed by atoms with Gasteiger partial charge < -0.3 is 4.55 Å². The smallest absolute Gasteiger partial charge is 0.768 e. The zero-order valence-corrected chi connectivity index (χ0v) is 12.1. The third kappa shape index (κ3) is 3.97. The van der Waals surface area contributed by atoms with Gasteiger partial charge in [0.05, 0.1) is 10.6 Å². The number of hydrogen-bond donors (Lipinski definition) is 0. The van der Waals surface area contributed by atoms with E-state index in [0.717, 1.165) is 6.07 Å². The third-order valence-corrected chi connectivity index (χ3v) is 4.11. The molecule has 1 atom stereocenters. The van der Waals surface area contributed by atoms with Crippen molar-refractivity contribution in [2.24, 2.45) is 0 Å². The molecule has 4 nitrogen and oxygen atoms in total. The van der Waals surface area contributed by atoms with E-state index in [-0.39, 0.29) is 45.1 Å². The van der Waals surface area contributed by atoms with E-state index in [4.69, 9.17) is 0 Å². The molecule has 0 aliphatic rings. The molecule has 0 aliphatic carbocycles. The fourth-order valence-corrected chi connectivity index (χ4v) is 2.35. The molecule has 0 saturated heterocycles. The van der Waals surface area contributed by atoms with Gasteiger partial charge in [-0.25, -0.2) is 8.42 Å². The second-order valence-corrected chi connectivity index (χ2v) is 5.83. The van der Waals surface area contributed by atoms with E-state index < -0.39 is 20.9 Å². The Kier molecular flexibility index (Phi) is 6.24. The number of benzene rings is 1. The molecule has 1 rings (SSSR count). The predicted molar refractivity (Wildman–Crippen MR) is 51.4 cm³/mol. The van der Waals surface area contributed by atoms with E-state index in [0.29, 0.717) is 0 Å². The zero-order chi connectivity index (χ0) is 10.8. The van der Waals surface area contributed by atoms with Crippen LogP contribution in [0.15, 0.2) is 34.1 Å². The Morgan fingerprint density at radius 3 is 2.47 bits per heavy atom. The summed E-state index contributed by atoms with van der Waals surface area (Å²) in [5, 5.41) is 0. The van der Waals surface area contributed by atoms with Gasteiger partial charge in [-0.05, 0) is 29.3 Å². The van der Waals surface area contributed by atoms with Crippen molar-refractivity contribution in [3.63, 3.8) is 0 Å². The first-order valence-corrected chi connectivity index (χ1v) is 6.62. The van der Waals surface area contributed by atoms with Crippen molar-refractivity contribution in [1.82, 2.24) is 0 Å². The quantitative estimate of drug-likeness (QED) is 0.451. The van der Waals surface area contributed by atoms with Crippen LogP contribution in [0.25, 0.3) is 0 Å². The first kappa shape index (κ1) is 15.3. The Bertz CT molecular complexity index is 455. The largest absolute Gasteiger partial charge is 1.00 e. The predicted octanol–water partition coefficient (Wildman–Crippen LogP) is -2.28. The molecular weight excluding hydrogens is 247 g/mol. The molecule has 7 heteroatoms. The Morgan fingerprint density at radius 2 is 2.00 bits per heavy atom. The van der Waals surface area contributed by atoms with E-state index in [1.165, 1.54) is 25.1 Å². The molecule has 78 valence electrons. The standard InChI is InChI=1S/C8H10O4S2.Na/c1-2-14(11,12)8-5-3-4-7(6-8)13(9)10;/h3-6H,2H2,1H3,(H,9,10);/q;+1/p-1. The van der Waals surface area contributed by atoms with Gasteiger partial charge in [-0.2, -0.15) is 0 Å². The van der Waals surface area contributed by atoms with Gasteiger partial charge in [0.2, 0.25) is 0 Å². The van der Waals surface area contributed by atoms with Crippen LogP contribution < -0.4 is 29.6 Å². The van der Waals surface area contributed by atoms with Crippen LogP contribution in [0.2, 0.25) is 0 Å². The van der Waals surface area contributed by atoms with Gasteiger partial charge in [0.15, 0.2) is 9.84 Å². The molecule has 1 aromatic carbocycles. The summed E-state index contributed by atoms with van der Waals surface area (Å²) in [7, 11) is -3.33. The maximum atomic E-state index is 11.4. The maximum Gasteiger partial charge on any atom is 1.00 e. The second kappa shape index (κ2) is 6.12. The summed E-state index contributed by atoms with van der Waals surface area (Å²) >= 11 is -2.39. The van der Waals surface area contributed by atoms with Crippen molar-refractivity contribution >= 4 is 20.9 Å². The minimum absolute atomic E-state index is 0. The van der Waals surface area contributed by atoms with E-state index in [1.807, 2.05) is 0 Å². The van der Waals surface area contributed by atoms with Crippen LogP contribution in [0.4, 0.5) is 0 Å². The minimum Gasteiger partial charge on any atom is -0.768 e. The molecule has 0 amide bonds. The van der Waals surface area contributed by atoms with Gasteiger partial charge in [-0.1, -0.05) is 13.0 Å². The molecule has 0 radical (unpaired) electrons. The molecule has 0 spiro atoms. The van der Waals surface area contributed by atoms with Crippen LogP contribution >= 0.6 is 0 Å². The third-order valence-electron chi connectivity index (χ3n) is 1.74. The molecule has 0 aromatic heterocycles. The van der Waals surface area contributed by atoms with Gasteiger partial charge in [0, 0.05) is 4.90 Å². The molecule has 15 heavy (non-hydrogen) atoms. The topological polar surface area (TPSA) is 74.3 Å². The van der Waals surface area contributed by atoms with E-state index >= 15 is 0 Å². The SMILES string of the molecule is CCS(=O)(=O)c1cccc(S(=O)[O-])c1.[Na+]. The van der Waals surface area contributed by atoms with Crippen LogP contribution in [-0.2, 0) is 20.9 Å². The van der Waals surface area contributed by atoms with Gasteiger partial charge >= 0.3 is 29.6 Å². The number of hydrogen-bond acceptors (Lipinski definition) is 4. The summed E-state index contributed by atoms with van der Waals surface area (Å²) in [6.07, 6.45) is 0. The average Bonchev–Trinajstić information content (AvgIpc) is 2.18. The van der Waals surface area contributed by atoms with Crippen molar-refractivity contribution in [3.8, 4) is 0 Å². The van der Waals surface area contributed by atoms with Crippen LogP contribution in [-0.4, -0.2) is 22.9 Å². The van der Waals surface area contributed by atoms with E-state index in [1.54, 1.807) is 0 Å². The first-order valence-electron chi connectivity index (χ1n) is 3.89. The molecule has 0 heterocycles. The fraction of sp³-hybridized carbons (Fsp3) is 0.250. The first-order chi connectivity index (χ1) is 6.47. The van der Waals surface area contributed by atoms with Crippen molar-refractivity contribution in [2.45, 2.75) is 16.7 Å². The molecular formula is C8H9NaO4S2. The van der Waals surface area contributed by atoms with Crippen LogP contribution in [0, 0.1) is 0 Å². The normalized spacial score (nSPS) is 12.9. The van der Waals surface area contributed by atoms with Crippen LogP contribution in [0.3, 0.4) is 0 Å². The van der Waals surface area contributed by atoms with E-state index in [9.17, 15) is 17.2 Å². The van der Waals surface area contributed by atoms with Crippen molar-refractivity contribution in [3.05, 3.63) is 24.3 Å². The minimum atomic E-state index is -3.33. The Balaban J connectivity index is 0.00000196. The van der Waals surface area contributed by atoms with Crippen LogP contribution in [0.5, 0.6) is 0 Å². The Morgan fingerprint density at radius 1 is 1.40 bits per heavy atom. The summed E-state index contributed by atoms with van der Waals surface area (Å²) in [4.78, 5) is 0.0289. The summed E-state index contributed by atoms with van der Waals surface area (Å²) < 4.78 is 43.9. The molecule has 0 fully saturated rings. The fourth-order valence-electron chi connectivity index (χ4n) is 0.938. The summed E-state index contributed by atoms with van der Waals surface area (Å²) in [6, 6.07) is 5.29. The molecule has 0 bridgehead atoms. The Hall–Kier alpha value is 0.280. The van der Waals surface area contributed by atoms with Crippen molar-refractivity contribution in [1.29, 1.82) is 0 Å². The maximum absolute atomic E-state index is 11.4. The molecule has 0 saturated carbocycles. The Labute approximate surface area is 114 Å². The summed E-state index contributed by atoms with van der Waals surface area (Å²) in [6.45, 7) is 1.51. The molecule has 1 unspecified atom stereocenters. The van der Waals surface area contributed by atoms with E-state index in [2.05, 4.69) is 0 Å². The van der Waals surface area contributed by atoms with Gasteiger partial charge in [-0.15, -0.1) is 0 Å². The zero-order valence-electron chi connectivity index (χ0n) is 8.47. The van der Waals surface area contributed by atoms with Gasteiger partial charge in [0.25, 0.3) is 0 Å². The van der Waals surface area contributed by atoms with Gasteiger partial charge in [0.1, 0.15) is 0 Å². The second-order valence-electron chi connectivity index (χ2n) is 2.61. The van der Waals surface area contributed by atoms with Gasteiger partial charge in [-0.3, -0.25) is 4.21 Å². The number of rotatable bonds is 3.